The number of esters is 1. The summed E-state index contributed by atoms with van der Waals surface area (Å²) in [5, 5.41) is 0. The van der Waals surface area contributed by atoms with Crippen molar-refractivity contribution < 1.29 is 22.7 Å². The van der Waals surface area contributed by atoms with Crippen LogP contribution in [0.25, 0.3) is 0 Å². The Balaban J connectivity index is 2.02. The summed E-state index contributed by atoms with van der Waals surface area (Å²) in [4.78, 5) is 12.4. The second kappa shape index (κ2) is 9.53. The lowest BCUT2D eigenvalue weighted by Gasteiger charge is -2.18. The van der Waals surface area contributed by atoms with Gasteiger partial charge in [-0.15, -0.1) is 0 Å². The molecule has 2 aromatic rings. The van der Waals surface area contributed by atoms with E-state index in [9.17, 15) is 13.2 Å². The maximum atomic E-state index is 12.6. The van der Waals surface area contributed by atoms with Crippen LogP contribution in [0, 0.1) is 0 Å². The van der Waals surface area contributed by atoms with Crippen LogP contribution in [-0.4, -0.2) is 45.5 Å². The van der Waals surface area contributed by atoms with Crippen molar-refractivity contribution in [2.45, 2.75) is 25.2 Å². The van der Waals surface area contributed by atoms with Gasteiger partial charge in [0.2, 0.25) is 10.0 Å². The SMILES string of the molecule is CCN(CC)S(=O)(=O)c1cccc(C(=O)OCCc2ccc(OC)cc2)c1. The molecule has 2 rings (SSSR count). The number of ether oxygens (including phenoxy) is 2. The molecule has 27 heavy (non-hydrogen) atoms. The number of nitrogens with zero attached hydrogens (tertiary/aromatic N) is 1. The Morgan fingerprint density at radius 1 is 1.04 bits per heavy atom. The second-order valence-corrected chi connectivity index (χ2v) is 7.79. The predicted octanol–water partition coefficient (Wildman–Crippen LogP) is 3.13. The average molecular weight is 391 g/mol. The van der Waals surface area contributed by atoms with Gasteiger partial charge in [-0.2, -0.15) is 4.31 Å². The normalized spacial score (nSPS) is 11.4. The zero-order valence-corrected chi connectivity index (χ0v) is 16.7. The molecule has 7 heteroatoms. The summed E-state index contributed by atoms with van der Waals surface area (Å²) in [7, 11) is -2.01. The van der Waals surface area contributed by atoms with Crippen LogP contribution < -0.4 is 4.74 Å². The standard InChI is InChI=1S/C20H25NO5S/c1-4-21(5-2)27(23,24)19-8-6-7-17(15-19)20(22)26-14-13-16-9-11-18(25-3)12-10-16/h6-12,15H,4-5,13-14H2,1-3H3. The first-order chi connectivity index (χ1) is 12.9. The summed E-state index contributed by atoms with van der Waals surface area (Å²) in [6.45, 7) is 4.50. The third kappa shape index (κ3) is 5.30. The van der Waals surface area contributed by atoms with Gasteiger partial charge in [-0.05, 0) is 35.9 Å². The third-order valence-corrected chi connectivity index (χ3v) is 6.24. The molecule has 0 amide bonds. The maximum absolute atomic E-state index is 12.6. The zero-order valence-electron chi connectivity index (χ0n) is 15.8. The van der Waals surface area contributed by atoms with Gasteiger partial charge in [-0.1, -0.05) is 32.0 Å². The van der Waals surface area contributed by atoms with Gasteiger partial charge in [-0.25, -0.2) is 13.2 Å². The Hall–Kier alpha value is -2.38. The molecule has 0 aliphatic carbocycles. The smallest absolute Gasteiger partial charge is 0.338 e. The monoisotopic (exact) mass is 391 g/mol. The summed E-state index contributed by atoms with van der Waals surface area (Å²) in [6, 6.07) is 13.5. The molecule has 2 aromatic carbocycles. The Morgan fingerprint density at radius 2 is 1.70 bits per heavy atom. The van der Waals surface area contributed by atoms with E-state index in [4.69, 9.17) is 9.47 Å². The molecule has 0 aromatic heterocycles. The fraction of sp³-hybridized carbons (Fsp3) is 0.350. The van der Waals surface area contributed by atoms with Crippen molar-refractivity contribution in [2.75, 3.05) is 26.8 Å². The van der Waals surface area contributed by atoms with E-state index in [0.717, 1.165) is 11.3 Å². The highest BCUT2D eigenvalue weighted by atomic mass is 32.2. The second-order valence-electron chi connectivity index (χ2n) is 5.85. The van der Waals surface area contributed by atoms with Crippen molar-refractivity contribution >= 4 is 16.0 Å². The molecule has 0 N–H and O–H groups in total. The number of carbonyl (C=O) groups excluding carboxylic acids is 1. The van der Waals surface area contributed by atoms with E-state index in [1.54, 1.807) is 33.1 Å². The van der Waals surface area contributed by atoms with Gasteiger partial charge in [0.1, 0.15) is 5.75 Å². The number of hydrogen-bond acceptors (Lipinski definition) is 5. The fourth-order valence-corrected chi connectivity index (χ4v) is 4.14. The molecular weight excluding hydrogens is 366 g/mol. The van der Waals surface area contributed by atoms with Gasteiger partial charge in [0.05, 0.1) is 24.2 Å². The summed E-state index contributed by atoms with van der Waals surface area (Å²) in [5.74, 6) is 0.224. The summed E-state index contributed by atoms with van der Waals surface area (Å²) >= 11 is 0. The van der Waals surface area contributed by atoms with Crippen LogP contribution in [0.4, 0.5) is 0 Å². The van der Waals surface area contributed by atoms with Gasteiger partial charge in [0, 0.05) is 19.5 Å². The summed E-state index contributed by atoms with van der Waals surface area (Å²) < 4.78 is 36.9. The molecule has 0 bridgehead atoms. The van der Waals surface area contributed by atoms with E-state index in [0.29, 0.717) is 19.5 Å². The van der Waals surface area contributed by atoms with Crippen molar-refractivity contribution in [2.24, 2.45) is 0 Å². The van der Waals surface area contributed by atoms with E-state index < -0.39 is 16.0 Å². The largest absolute Gasteiger partial charge is 0.497 e. The quantitative estimate of drug-likeness (QED) is 0.614. The van der Waals surface area contributed by atoms with Gasteiger partial charge < -0.3 is 9.47 Å². The molecular formula is C20H25NO5S. The minimum absolute atomic E-state index is 0.0933. The number of sulfonamides is 1. The van der Waals surface area contributed by atoms with E-state index in [1.807, 2.05) is 24.3 Å². The minimum atomic E-state index is -3.61. The van der Waals surface area contributed by atoms with Crippen LogP contribution >= 0.6 is 0 Å². The molecule has 0 unspecified atom stereocenters. The van der Waals surface area contributed by atoms with Crippen molar-refractivity contribution in [3.8, 4) is 5.75 Å². The van der Waals surface area contributed by atoms with E-state index >= 15 is 0 Å². The molecule has 0 fully saturated rings. The lowest BCUT2D eigenvalue weighted by atomic mass is 10.1. The molecule has 0 aliphatic heterocycles. The fourth-order valence-electron chi connectivity index (χ4n) is 2.63. The van der Waals surface area contributed by atoms with Crippen molar-refractivity contribution in [1.29, 1.82) is 0 Å². The lowest BCUT2D eigenvalue weighted by molar-refractivity contribution is 0.0509. The molecule has 0 atom stereocenters. The molecule has 0 spiro atoms. The van der Waals surface area contributed by atoms with Gasteiger partial charge in [0.25, 0.3) is 0 Å². The first kappa shape index (κ1) is 20.9. The number of carbonyl (C=O) groups is 1. The molecule has 6 nitrogen and oxygen atoms in total. The summed E-state index contributed by atoms with van der Waals surface area (Å²) in [5.41, 5.74) is 1.24. The van der Waals surface area contributed by atoms with Crippen molar-refractivity contribution in [3.63, 3.8) is 0 Å². The van der Waals surface area contributed by atoms with Crippen LogP contribution in [0.5, 0.6) is 5.75 Å². The number of rotatable bonds is 9. The average Bonchev–Trinajstić information content (AvgIpc) is 2.69. The van der Waals surface area contributed by atoms with E-state index in [2.05, 4.69) is 0 Å². The van der Waals surface area contributed by atoms with Crippen LogP contribution in [0.15, 0.2) is 53.4 Å². The van der Waals surface area contributed by atoms with E-state index in [-0.39, 0.29) is 17.1 Å². The first-order valence-electron chi connectivity index (χ1n) is 8.82. The van der Waals surface area contributed by atoms with Crippen molar-refractivity contribution in [1.82, 2.24) is 4.31 Å². The third-order valence-electron chi connectivity index (χ3n) is 4.20. The molecule has 0 saturated carbocycles. The number of hydrogen-bond donors (Lipinski definition) is 0. The highest BCUT2D eigenvalue weighted by Crippen LogP contribution is 2.18. The Kier molecular flexibility index (Phi) is 7.38. The van der Waals surface area contributed by atoms with E-state index in [1.165, 1.54) is 16.4 Å². The highest BCUT2D eigenvalue weighted by Gasteiger charge is 2.22. The van der Waals surface area contributed by atoms with Crippen LogP contribution in [0.3, 0.4) is 0 Å². The van der Waals surface area contributed by atoms with Gasteiger partial charge >= 0.3 is 5.97 Å². The molecule has 0 saturated heterocycles. The molecule has 0 heterocycles. The lowest BCUT2D eigenvalue weighted by Crippen LogP contribution is -2.30. The predicted molar refractivity (Wildman–Crippen MR) is 104 cm³/mol. The Bertz CT molecular complexity index is 858. The Morgan fingerprint density at radius 3 is 2.30 bits per heavy atom. The van der Waals surface area contributed by atoms with Crippen LogP contribution in [0.1, 0.15) is 29.8 Å². The van der Waals surface area contributed by atoms with Crippen LogP contribution in [0.2, 0.25) is 0 Å². The van der Waals surface area contributed by atoms with Crippen LogP contribution in [-0.2, 0) is 21.2 Å². The topological polar surface area (TPSA) is 72.9 Å². The zero-order chi connectivity index (χ0) is 19.9. The van der Waals surface area contributed by atoms with Gasteiger partial charge in [0.15, 0.2) is 0 Å². The summed E-state index contributed by atoms with van der Waals surface area (Å²) in [6.07, 6.45) is 0.563. The molecule has 0 radical (unpaired) electrons. The number of methoxy groups -OCH3 is 1. The maximum Gasteiger partial charge on any atom is 0.338 e. The number of benzene rings is 2. The van der Waals surface area contributed by atoms with Crippen molar-refractivity contribution in [3.05, 3.63) is 59.7 Å². The molecule has 0 aliphatic rings. The minimum Gasteiger partial charge on any atom is -0.497 e. The molecule has 146 valence electrons. The first-order valence-corrected chi connectivity index (χ1v) is 10.3. The Labute approximate surface area is 160 Å². The van der Waals surface area contributed by atoms with Gasteiger partial charge in [-0.3, -0.25) is 0 Å². The highest BCUT2D eigenvalue weighted by molar-refractivity contribution is 7.89.